The second-order valence-corrected chi connectivity index (χ2v) is 8.09. The van der Waals surface area contributed by atoms with E-state index in [0.29, 0.717) is 24.2 Å². The van der Waals surface area contributed by atoms with Gasteiger partial charge in [0.2, 0.25) is 11.8 Å². The van der Waals surface area contributed by atoms with Gasteiger partial charge in [-0.3, -0.25) is 9.59 Å². The number of carbonyl (C=O) groups excluding carboxylic acids is 2. The average Bonchev–Trinajstić information content (AvgIpc) is 2.60. The van der Waals surface area contributed by atoms with Crippen LogP contribution in [0.1, 0.15) is 37.7 Å². The fraction of sp³-hybridized carbons (Fsp3) is 0.300. The maximum atomic E-state index is 12.0. The number of amides is 2. The van der Waals surface area contributed by atoms with Crippen LogP contribution in [-0.4, -0.2) is 11.8 Å². The van der Waals surface area contributed by atoms with Crippen LogP contribution < -0.4 is 16.4 Å². The van der Waals surface area contributed by atoms with E-state index in [2.05, 4.69) is 42.5 Å². The van der Waals surface area contributed by atoms with E-state index in [0.717, 1.165) is 39.5 Å². The molecule has 0 spiro atoms. The summed E-state index contributed by atoms with van der Waals surface area (Å²) < 4.78 is 1.83. The van der Waals surface area contributed by atoms with Gasteiger partial charge in [0.05, 0.1) is 11.4 Å². The third-order valence-electron chi connectivity index (χ3n) is 3.99. The van der Waals surface area contributed by atoms with E-state index in [1.807, 2.05) is 43.3 Å². The van der Waals surface area contributed by atoms with Crippen molar-refractivity contribution in [1.29, 1.82) is 0 Å². The van der Waals surface area contributed by atoms with Gasteiger partial charge >= 0.3 is 0 Å². The molecule has 5 nitrogen and oxygen atoms in total. The second-order valence-electron chi connectivity index (χ2n) is 6.38. The average molecular weight is 497 g/mol. The lowest BCUT2D eigenvalue weighted by Gasteiger charge is -2.09. The largest absolute Gasteiger partial charge is 0.397 e. The van der Waals surface area contributed by atoms with Gasteiger partial charge in [-0.1, -0.05) is 12.5 Å². The van der Waals surface area contributed by atoms with Crippen LogP contribution >= 0.6 is 31.9 Å². The standard InChI is InChI=1S/C20H23Br2N3O2/c1-13-7-10-18(17(23)11-13)25-20(27)6-4-2-3-5-19(26)24-14-8-9-15(21)16(22)12-14/h7-12H,2-6,23H2,1H3,(H,24,26)(H,25,27). The molecule has 27 heavy (non-hydrogen) atoms. The van der Waals surface area contributed by atoms with Gasteiger partial charge in [0.15, 0.2) is 0 Å². The third kappa shape index (κ3) is 7.34. The number of anilines is 3. The summed E-state index contributed by atoms with van der Waals surface area (Å²) in [5.41, 5.74) is 8.92. The molecule has 0 saturated heterocycles. The second kappa shape index (κ2) is 10.5. The Morgan fingerprint density at radius 3 is 2.19 bits per heavy atom. The van der Waals surface area contributed by atoms with Gasteiger partial charge in [-0.25, -0.2) is 0 Å². The van der Waals surface area contributed by atoms with Crippen LogP contribution in [0.2, 0.25) is 0 Å². The summed E-state index contributed by atoms with van der Waals surface area (Å²) in [4.78, 5) is 24.0. The van der Waals surface area contributed by atoms with Crippen molar-refractivity contribution in [3.8, 4) is 0 Å². The molecule has 0 aliphatic heterocycles. The number of aryl methyl sites for hydroxylation is 1. The lowest BCUT2D eigenvalue weighted by atomic mass is 10.1. The number of nitrogens with two attached hydrogens (primary N) is 1. The predicted octanol–water partition coefficient (Wildman–Crippen LogP) is 5.63. The summed E-state index contributed by atoms with van der Waals surface area (Å²) in [6.45, 7) is 1.95. The minimum absolute atomic E-state index is 0.0268. The molecule has 0 unspecified atom stereocenters. The zero-order valence-electron chi connectivity index (χ0n) is 15.1. The maximum absolute atomic E-state index is 12.0. The van der Waals surface area contributed by atoms with E-state index in [1.54, 1.807) is 0 Å². The number of carbonyl (C=O) groups is 2. The molecule has 2 rings (SSSR count). The Morgan fingerprint density at radius 1 is 0.889 bits per heavy atom. The lowest BCUT2D eigenvalue weighted by molar-refractivity contribution is -0.116. The Kier molecular flexibility index (Phi) is 8.31. The summed E-state index contributed by atoms with van der Waals surface area (Å²) in [5.74, 6) is -0.0872. The molecule has 4 N–H and O–H groups in total. The number of rotatable bonds is 8. The number of hydrogen-bond donors (Lipinski definition) is 3. The fourth-order valence-corrected chi connectivity index (χ4v) is 3.18. The highest BCUT2D eigenvalue weighted by molar-refractivity contribution is 9.13. The molecule has 2 aromatic rings. The van der Waals surface area contributed by atoms with E-state index in [9.17, 15) is 9.59 Å². The van der Waals surface area contributed by atoms with Crippen LogP contribution in [0.5, 0.6) is 0 Å². The molecule has 0 aliphatic rings. The highest BCUT2D eigenvalue weighted by atomic mass is 79.9. The number of halogens is 2. The van der Waals surface area contributed by atoms with Crippen LogP contribution in [0.4, 0.5) is 17.1 Å². The van der Waals surface area contributed by atoms with E-state index < -0.39 is 0 Å². The molecule has 0 saturated carbocycles. The van der Waals surface area contributed by atoms with Crippen molar-refractivity contribution in [2.45, 2.75) is 39.0 Å². The van der Waals surface area contributed by atoms with Crippen molar-refractivity contribution >= 4 is 60.7 Å². The first-order valence-corrected chi connectivity index (χ1v) is 10.3. The van der Waals surface area contributed by atoms with Crippen molar-refractivity contribution in [3.63, 3.8) is 0 Å². The van der Waals surface area contributed by atoms with Gasteiger partial charge in [0, 0.05) is 27.5 Å². The Balaban J connectivity index is 1.64. The molecule has 0 atom stereocenters. The third-order valence-corrected chi connectivity index (χ3v) is 5.87. The zero-order valence-corrected chi connectivity index (χ0v) is 18.3. The molecule has 0 aromatic heterocycles. The summed E-state index contributed by atoms with van der Waals surface area (Å²) in [6.07, 6.45) is 3.13. The van der Waals surface area contributed by atoms with E-state index in [-0.39, 0.29) is 11.8 Å². The summed E-state index contributed by atoms with van der Waals surface area (Å²) in [5, 5.41) is 5.70. The molecule has 144 valence electrons. The first kappa shape index (κ1) is 21.4. The molecule has 7 heteroatoms. The highest BCUT2D eigenvalue weighted by Gasteiger charge is 2.07. The number of nitrogens with one attached hydrogen (secondary N) is 2. The van der Waals surface area contributed by atoms with Gasteiger partial charge in [-0.05, 0) is 87.5 Å². The van der Waals surface area contributed by atoms with Gasteiger partial charge in [0.25, 0.3) is 0 Å². The first-order chi connectivity index (χ1) is 12.8. The van der Waals surface area contributed by atoms with Crippen molar-refractivity contribution in [2.24, 2.45) is 0 Å². The van der Waals surface area contributed by atoms with Crippen LogP contribution in [0.3, 0.4) is 0 Å². The number of benzene rings is 2. The molecule has 0 radical (unpaired) electrons. The van der Waals surface area contributed by atoms with Crippen LogP contribution in [0, 0.1) is 6.92 Å². The lowest BCUT2D eigenvalue weighted by Crippen LogP contribution is -2.13. The molecule has 0 aliphatic carbocycles. The smallest absolute Gasteiger partial charge is 0.224 e. The molecule has 2 aromatic carbocycles. The van der Waals surface area contributed by atoms with Gasteiger partial charge < -0.3 is 16.4 Å². The minimum atomic E-state index is -0.0604. The zero-order chi connectivity index (χ0) is 19.8. The highest BCUT2D eigenvalue weighted by Crippen LogP contribution is 2.26. The molecule has 0 heterocycles. The van der Waals surface area contributed by atoms with Crippen LogP contribution in [-0.2, 0) is 9.59 Å². The summed E-state index contributed by atoms with van der Waals surface area (Å²) in [7, 11) is 0. The SMILES string of the molecule is Cc1ccc(NC(=O)CCCCCC(=O)Nc2ccc(Br)c(Br)c2)c(N)c1. The van der Waals surface area contributed by atoms with E-state index in [4.69, 9.17) is 5.73 Å². The monoisotopic (exact) mass is 495 g/mol. The van der Waals surface area contributed by atoms with Crippen molar-refractivity contribution in [1.82, 2.24) is 0 Å². The van der Waals surface area contributed by atoms with E-state index in [1.165, 1.54) is 0 Å². The summed E-state index contributed by atoms with van der Waals surface area (Å²) >= 11 is 6.81. The maximum Gasteiger partial charge on any atom is 0.224 e. The van der Waals surface area contributed by atoms with Gasteiger partial charge in [0.1, 0.15) is 0 Å². The Bertz CT molecular complexity index is 825. The van der Waals surface area contributed by atoms with Crippen LogP contribution in [0.25, 0.3) is 0 Å². The summed E-state index contributed by atoms with van der Waals surface area (Å²) in [6, 6.07) is 11.1. The van der Waals surface area contributed by atoms with Gasteiger partial charge in [-0.15, -0.1) is 0 Å². The first-order valence-electron chi connectivity index (χ1n) is 8.76. The van der Waals surface area contributed by atoms with Crippen molar-refractivity contribution < 1.29 is 9.59 Å². The normalized spacial score (nSPS) is 10.5. The Morgan fingerprint density at radius 2 is 1.56 bits per heavy atom. The molecule has 2 amide bonds. The minimum Gasteiger partial charge on any atom is -0.397 e. The topological polar surface area (TPSA) is 84.2 Å². The molecule has 0 fully saturated rings. The van der Waals surface area contributed by atoms with Gasteiger partial charge in [-0.2, -0.15) is 0 Å². The fourth-order valence-electron chi connectivity index (χ4n) is 2.55. The van der Waals surface area contributed by atoms with E-state index >= 15 is 0 Å². The Hall–Kier alpha value is -1.86. The Labute approximate surface area is 176 Å². The predicted molar refractivity (Wildman–Crippen MR) is 118 cm³/mol. The van der Waals surface area contributed by atoms with Crippen molar-refractivity contribution in [3.05, 3.63) is 50.9 Å². The van der Waals surface area contributed by atoms with Crippen molar-refractivity contribution in [2.75, 3.05) is 16.4 Å². The molecule has 0 bridgehead atoms. The molecular weight excluding hydrogens is 474 g/mol. The quantitative estimate of drug-likeness (QED) is 0.327. The van der Waals surface area contributed by atoms with Crippen LogP contribution in [0.15, 0.2) is 45.3 Å². The number of unbranched alkanes of at least 4 members (excludes halogenated alkanes) is 2. The number of nitrogen functional groups attached to an aromatic ring is 1. The molecular formula is C20H23Br2N3O2. The number of hydrogen-bond acceptors (Lipinski definition) is 3.